The van der Waals surface area contributed by atoms with Gasteiger partial charge in [0.15, 0.2) is 0 Å². The predicted octanol–water partition coefficient (Wildman–Crippen LogP) is 2.63. The lowest BCUT2D eigenvalue weighted by Crippen LogP contribution is -1.93. The third-order valence-corrected chi connectivity index (χ3v) is 2.12. The summed E-state index contributed by atoms with van der Waals surface area (Å²) in [5.41, 5.74) is 3.20. The monoisotopic (exact) mass is 119 g/mol. The number of hydrogen-bond acceptors (Lipinski definition) is 0. The van der Waals surface area contributed by atoms with Gasteiger partial charge in [-0.1, -0.05) is 17.7 Å². The van der Waals surface area contributed by atoms with Crippen molar-refractivity contribution in [3.63, 3.8) is 0 Å². The quantitative estimate of drug-likeness (QED) is 0.460. The van der Waals surface area contributed by atoms with Gasteiger partial charge in [-0.05, 0) is 37.7 Å². The molecular formula is C9H11. The molecule has 1 radical (unpaired) electrons. The van der Waals surface area contributed by atoms with E-state index in [1.54, 1.807) is 5.57 Å². The van der Waals surface area contributed by atoms with Gasteiger partial charge in [-0.3, -0.25) is 0 Å². The zero-order valence-electron chi connectivity index (χ0n) is 5.56. The highest BCUT2D eigenvalue weighted by molar-refractivity contribution is 5.40. The molecule has 0 saturated carbocycles. The van der Waals surface area contributed by atoms with Crippen LogP contribution in [0.1, 0.15) is 25.7 Å². The highest BCUT2D eigenvalue weighted by Crippen LogP contribution is 2.31. The van der Waals surface area contributed by atoms with Crippen LogP contribution in [0.15, 0.2) is 23.3 Å². The van der Waals surface area contributed by atoms with Gasteiger partial charge in [-0.2, -0.15) is 0 Å². The van der Waals surface area contributed by atoms with E-state index in [2.05, 4.69) is 18.6 Å². The Morgan fingerprint density at radius 2 is 2.33 bits per heavy atom. The van der Waals surface area contributed by atoms with E-state index in [0.717, 1.165) is 0 Å². The maximum atomic E-state index is 2.36. The molecule has 0 aliphatic heterocycles. The lowest BCUT2D eigenvalue weighted by atomic mass is 9.94. The van der Waals surface area contributed by atoms with E-state index >= 15 is 0 Å². The maximum Gasteiger partial charge on any atom is -0.00934 e. The minimum atomic E-state index is 1.23. The van der Waals surface area contributed by atoms with Crippen molar-refractivity contribution >= 4 is 0 Å². The van der Waals surface area contributed by atoms with Crippen molar-refractivity contribution in [2.75, 3.05) is 0 Å². The highest BCUT2D eigenvalue weighted by Gasteiger charge is 2.12. The normalized spacial score (nSPS) is 24.9. The van der Waals surface area contributed by atoms with E-state index in [9.17, 15) is 0 Å². The largest absolute Gasteiger partial charge is 0.0802 e. The Bertz CT molecular complexity index is 172. The predicted molar refractivity (Wildman–Crippen MR) is 38.9 cm³/mol. The van der Waals surface area contributed by atoms with Crippen molar-refractivity contribution in [1.29, 1.82) is 0 Å². The second kappa shape index (κ2) is 2.02. The van der Waals surface area contributed by atoms with Gasteiger partial charge in [-0.15, -0.1) is 0 Å². The van der Waals surface area contributed by atoms with Crippen molar-refractivity contribution in [3.8, 4) is 0 Å². The van der Waals surface area contributed by atoms with Crippen molar-refractivity contribution in [2.24, 2.45) is 0 Å². The van der Waals surface area contributed by atoms with Gasteiger partial charge in [-0.25, -0.2) is 0 Å². The molecule has 0 heterocycles. The number of hydrogen-bond donors (Lipinski definition) is 0. The average Bonchev–Trinajstić information content (AvgIpc) is 2.33. The Labute approximate surface area is 56.3 Å². The van der Waals surface area contributed by atoms with Gasteiger partial charge in [0.25, 0.3) is 0 Å². The van der Waals surface area contributed by atoms with E-state index in [0.29, 0.717) is 0 Å². The fourth-order valence-corrected chi connectivity index (χ4v) is 1.60. The Balaban J connectivity index is 2.24. The lowest BCUT2D eigenvalue weighted by molar-refractivity contribution is 0.760. The third-order valence-electron chi connectivity index (χ3n) is 2.12. The van der Waals surface area contributed by atoms with Gasteiger partial charge in [0.05, 0.1) is 0 Å². The van der Waals surface area contributed by atoms with E-state index < -0.39 is 0 Å². The van der Waals surface area contributed by atoms with Crippen LogP contribution in [0.5, 0.6) is 0 Å². The molecule has 0 atom stereocenters. The minimum absolute atomic E-state index is 1.23. The summed E-state index contributed by atoms with van der Waals surface area (Å²) in [6.45, 7) is 0. The van der Waals surface area contributed by atoms with Crippen LogP contribution in [-0.2, 0) is 0 Å². The Kier molecular flexibility index (Phi) is 1.18. The van der Waals surface area contributed by atoms with Gasteiger partial charge < -0.3 is 0 Å². The van der Waals surface area contributed by atoms with Gasteiger partial charge in [0.2, 0.25) is 0 Å². The Morgan fingerprint density at radius 3 is 3.22 bits per heavy atom. The standard InChI is InChI=1S/C9H11/c1-2-5-9-7-3-6-8(9)4-1/h3-4,6H,1-2,5,7H2. The van der Waals surface area contributed by atoms with Crippen molar-refractivity contribution in [1.82, 2.24) is 0 Å². The SMILES string of the molecule is [CH]1CCCC2=C1C=CC2. The first-order valence-electron chi connectivity index (χ1n) is 3.68. The molecule has 0 aromatic heterocycles. The number of allylic oxidation sites excluding steroid dienone is 4. The maximum absolute atomic E-state index is 2.36. The molecular weight excluding hydrogens is 108 g/mol. The van der Waals surface area contributed by atoms with Crippen molar-refractivity contribution < 1.29 is 0 Å². The average molecular weight is 119 g/mol. The molecule has 0 amide bonds. The lowest BCUT2D eigenvalue weighted by Gasteiger charge is -2.11. The molecule has 0 N–H and O–H groups in total. The summed E-state index contributed by atoms with van der Waals surface area (Å²) in [6.07, 6.45) is 12.1. The molecule has 0 unspecified atom stereocenters. The molecule has 0 fully saturated rings. The molecule has 0 saturated heterocycles. The summed E-state index contributed by atoms with van der Waals surface area (Å²) in [4.78, 5) is 0. The van der Waals surface area contributed by atoms with E-state index in [4.69, 9.17) is 0 Å². The summed E-state index contributed by atoms with van der Waals surface area (Å²) in [7, 11) is 0. The van der Waals surface area contributed by atoms with Crippen LogP contribution in [0.3, 0.4) is 0 Å². The zero-order chi connectivity index (χ0) is 6.10. The molecule has 47 valence electrons. The molecule has 0 spiro atoms. The molecule has 0 heteroatoms. The first-order valence-corrected chi connectivity index (χ1v) is 3.68. The van der Waals surface area contributed by atoms with Crippen LogP contribution in [0.25, 0.3) is 0 Å². The van der Waals surface area contributed by atoms with E-state index in [1.807, 2.05) is 0 Å². The summed E-state index contributed by atoms with van der Waals surface area (Å²) >= 11 is 0. The highest BCUT2D eigenvalue weighted by atomic mass is 14.2. The van der Waals surface area contributed by atoms with Crippen LogP contribution in [0, 0.1) is 6.42 Å². The molecule has 2 rings (SSSR count). The van der Waals surface area contributed by atoms with Crippen LogP contribution in [0.2, 0.25) is 0 Å². The molecule has 9 heavy (non-hydrogen) atoms. The minimum Gasteiger partial charge on any atom is -0.0802 e. The van der Waals surface area contributed by atoms with Crippen LogP contribution in [-0.4, -0.2) is 0 Å². The topological polar surface area (TPSA) is 0 Å². The van der Waals surface area contributed by atoms with Crippen LogP contribution >= 0.6 is 0 Å². The van der Waals surface area contributed by atoms with Crippen molar-refractivity contribution in [2.45, 2.75) is 25.7 Å². The number of rotatable bonds is 0. The fourth-order valence-electron chi connectivity index (χ4n) is 1.60. The molecule has 0 nitrogen and oxygen atoms in total. The summed E-state index contributed by atoms with van der Waals surface area (Å²) in [6, 6.07) is 0. The molecule has 2 aliphatic rings. The Hall–Kier alpha value is -0.520. The smallest absolute Gasteiger partial charge is 0.00934 e. The van der Waals surface area contributed by atoms with Gasteiger partial charge in [0, 0.05) is 0 Å². The van der Waals surface area contributed by atoms with Gasteiger partial charge in [0.1, 0.15) is 0 Å². The molecule has 0 bridgehead atoms. The summed E-state index contributed by atoms with van der Waals surface area (Å²) in [5, 5.41) is 0. The van der Waals surface area contributed by atoms with E-state index in [1.165, 1.54) is 31.3 Å². The molecule has 0 aromatic carbocycles. The fraction of sp³-hybridized carbons (Fsp3) is 0.444. The van der Waals surface area contributed by atoms with E-state index in [-0.39, 0.29) is 0 Å². The summed E-state index contributed by atoms with van der Waals surface area (Å²) < 4.78 is 0. The van der Waals surface area contributed by atoms with Crippen molar-refractivity contribution in [3.05, 3.63) is 29.7 Å². The third kappa shape index (κ3) is 0.827. The molecule has 0 aromatic rings. The Morgan fingerprint density at radius 1 is 1.33 bits per heavy atom. The summed E-state index contributed by atoms with van der Waals surface area (Å²) in [5.74, 6) is 0. The first kappa shape index (κ1) is 5.28. The first-order chi connectivity index (χ1) is 4.47. The zero-order valence-corrected chi connectivity index (χ0v) is 5.56. The van der Waals surface area contributed by atoms with Crippen LogP contribution < -0.4 is 0 Å². The second-order valence-corrected chi connectivity index (χ2v) is 2.76. The van der Waals surface area contributed by atoms with Gasteiger partial charge >= 0.3 is 0 Å². The second-order valence-electron chi connectivity index (χ2n) is 2.76. The van der Waals surface area contributed by atoms with Crippen LogP contribution in [0.4, 0.5) is 0 Å². The molecule has 2 aliphatic carbocycles.